The molecule has 0 atom stereocenters. The molecule has 0 aliphatic rings. The van der Waals surface area contributed by atoms with Crippen LogP contribution in [0.25, 0.3) is 0 Å². The van der Waals surface area contributed by atoms with Gasteiger partial charge in [-0.05, 0) is 74.6 Å². The minimum atomic E-state index is -0.351. The summed E-state index contributed by atoms with van der Waals surface area (Å²) in [6.07, 6.45) is 3.26. The van der Waals surface area contributed by atoms with Gasteiger partial charge in [0, 0.05) is 50.1 Å². The van der Waals surface area contributed by atoms with Crippen molar-refractivity contribution in [2.24, 2.45) is 0 Å². The second-order valence-electron chi connectivity index (χ2n) is 8.29. The molecule has 40 heavy (non-hydrogen) atoms. The number of hydrogen-bond acceptors (Lipinski definition) is 4. The van der Waals surface area contributed by atoms with E-state index in [-0.39, 0.29) is 12.2 Å². The van der Waals surface area contributed by atoms with Crippen molar-refractivity contribution in [1.29, 1.82) is 0 Å². The highest BCUT2D eigenvalue weighted by molar-refractivity contribution is 5.88. The second kappa shape index (κ2) is 20.2. The first-order valence-electron chi connectivity index (χ1n) is 13.6. The molecule has 2 aromatic rings. The molecule has 206 valence electrons. The van der Waals surface area contributed by atoms with Crippen LogP contribution in [-0.2, 0) is 9.47 Å². The van der Waals surface area contributed by atoms with Crippen LogP contribution >= 0.6 is 0 Å². The molecule has 0 aromatic heterocycles. The Morgan fingerprint density at radius 1 is 0.575 bits per heavy atom. The van der Waals surface area contributed by atoms with E-state index in [1.807, 2.05) is 60.7 Å². The zero-order valence-corrected chi connectivity index (χ0v) is 23.4. The van der Waals surface area contributed by atoms with Crippen molar-refractivity contribution in [2.45, 2.75) is 52.4 Å². The van der Waals surface area contributed by atoms with E-state index in [9.17, 15) is 9.59 Å². The van der Waals surface area contributed by atoms with Crippen LogP contribution in [0.15, 0.2) is 60.7 Å². The van der Waals surface area contributed by atoms with Crippen LogP contribution < -0.4 is 9.80 Å². The number of nitrogens with zero attached hydrogens (tertiary/aromatic N) is 2. The summed E-state index contributed by atoms with van der Waals surface area (Å²) in [5.41, 5.74) is 1.62. The monoisotopic (exact) mass is 536 g/mol. The van der Waals surface area contributed by atoms with Gasteiger partial charge in [-0.2, -0.15) is 0 Å². The Kier molecular flexibility index (Phi) is 15.9. The summed E-state index contributed by atoms with van der Waals surface area (Å²) in [5.74, 6) is 23.5. The first-order chi connectivity index (χ1) is 19.7. The number of hydrogen-bond donors (Lipinski definition) is 0. The van der Waals surface area contributed by atoms with E-state index in [0.29, 0.717) is 52.0 Å². The van der Waals surface area contributed by atoms with E-state index in [1.165, 1.54) is 0 Å². The Bertz CT molecular complexity index is 1190. The number of rotatable bonds is 11. The van der Waals surface area contributed by atoms with Gasteiger partial charge >= 0.3 is 12.2 Å². The topological polar surface area (TPSA) is 59.1 Å². The molecule has 2 aromatic carbocycles. The second-order valence-corrected chi connectivity index (χ2v) is 8.29. The van der Waals surface area contributed by atoms with E-state index in [1.54, 1.807) is 23.6 Å². The Morgan fingerprint density at radius 2 is 0.925 bits per heavy atom. The molecule has 2 amide bonds. The van der Waals surface area contributed by atoms with Crippen LogP contribution in [0.3, 0.4) is 0 Å². The lowest BCUT2D eigenvalue weighted by Crippen LogP contribution is -2.32. The van der Waals surface area contributed by atoms with Crippen LogP contribution in [0.5, 0.6) is 0 Å². The summed E-state index contributed by atoms with van der Waals surface area (Å²) in [7, 11) is 0. The van der Waals surface area contributed by atoms with Crippen LogP contribution in [0, 0.1) is 47.4 Å². The van der Waals surface area contributed by atoms with Gasteiger partial charge in [-0.1, -0.05) is 60.1 Å². The third kappa shape index (κ3) is 12.6. The minimum absolute atomic E-state index is 0.334. The molecule has 0 saturated carbocycles. The molecular weight excluding hydrogens is 500 g/mol. The van der Waals surface area contributed by atoms with Crippen LogP contribution in [0.4, 0.5) is 21.0 Å². The Labute approximate surface area is 239 Å². The van der Waals surface area contributed by atoms with E-state index >= 15 is 0 Å². The van der Waals surface area contributed by atoms with E-state index in [4.69, 9.17) is 9.47 Å². The Hall–Kier alpha value is -4.78. The third-order valence-electron chi connectivity index (χ3n) is 5.33. The molecule has 0 fully saturated rings. The third-order valence-corrected chi connectivity index (χ3v) is 5.33. The summed E-state index contributed by atoms with van der Waals surface area (Å²) < 4.78 is 10.3. The number of carbonyl (C=O) groups is 2. The SMILES string of the molecule is CCOC(=O)N(CCCC#CC#CCCC#CC#CCCCN(C(=O)OCC)c1ccccc1)c1ccccc1. The van der Waals surface area contributed by atoms with Crippen molar-refractivity contribution < 1.29 is 19.1 Å². The largest absolute Gasteiger partial charge is 0.449 e. The van der Waals surface area contributed by atoms with Gasteiger partial charge in [-0.3, -0.25) is 9.80 Å². The van der Waals surface area contributed by atoms with Crippen molar-refractivity contribution in [3.8, 4) is 47.4 Å². The lowest BCUT2D eigenvalue weighted by Gasteiger charge is -2.21. The number of unbranched alkanes of at least 4 members (excludes halogenated alkanes) is 3. The number of benzene rings is 2. The fraction of sp³-hybridized carbons (Fsp3) is 0.353. The zero-order valence-electron chi connectivity index (χ0n) is 23.4. The Balaban J connectivity index is 1.65. The standard InChI is InChI=1S/C34H36N2O4/c1-3-39-33(37)35(31-25-19-17-20-26-31)29-23-15-13-11-9-7-5-6-8-10-12-14-16-24-30-36(34(38)40-4-2)32-27-21-18-22-28-32/h17-22,25-28H,3-6,15-16,23-24,29-30H2,1-2H3. The minimum Gasteiger partial charge on any atom is -0.449 e. The lowest BCUT2D eigenvalue weighted by molar-refractivity contribution is 0.158. The average molecular weight is 537 g/mol. The summed E-state index contributed by atoms with van der Waals surface area (Å²) in [4.78, 5) is 27.7. The lowest BCUT2D eigenvalue weighted by atomic mass is 10.2. The van der Waals surface area contributed by atoms with E-state index in [0.717, 1.165) is 24.2 Å². The van der Waals surface area contributed by atoms with Crippen LogP contribution in [-0.4, -0.2) is 38.5 Å². The maximum absolute atomic E-state index is 12.2. The molecule has 0 spiro atoms. The van der Waals surface area contributed by atoms with Gasteiger partial charge in [-0.15, -0.1) is 0 Å². The van der Waals surface area contributed by atoms with Crippen molar-refractivity contribution in [3.63, 3.8) is 0 Å². The predicted octanol–water partition coefficient (Wildman–Crippen LogP) is 6.67. The Morgan fingerprint density at radius 3 is 1.27 bits per heavy atom. The normalized spacial score (nSPS) is 9.15. The van der Waals surface area contributed by atoms with Gasteiger partial charge in [-0.25, -0.2) is 9.59 Å². The highest BCUT2D eigenvalue weighted by Gasteiger charge is 2.16. The fourth-order valence-electron chi connectivity index (χ4n) is 3.47. The van der Waals surface area contributed by atoms with Gasteiger partial charge < -0.3 is 9.47 Å². The number of ether oxygens (including phenoxy) is 2. The molecular formula is C34H36N2O4. The first-order valence-corrected chi connectivity index (χ1v) is 13.6. The summed E-state index contributed by atoms with van der Waals surface area (Å²) >= 11 is 0. The first kappa shape index (κ1) is 31.4. The molecule has 0 aliphatic carbocycles. The number of carbonyl (C=O) groups excluding carboxylic acids is 2. The number of para-hydroxylation sites is 2. The molecule has 6 heteroatoms. The highest BCUT2D eigenvalue weighted by atomic mass is 16.6. The molecule has 0 N–H and O–H groups in total. The molecule has 0 unspecified atom stereocenters. The summed E-state index contributed by atoms with van der Waals surface area (Å²) in [6, 6.07) is 18.9. The van der Waals surface area contributed by atoms with Gasteiger partial charge in [0.2, 0.25) is 0 Å². The fourth-order valence-corrected chi connectivity index (χ4v) is 3.47. The van der Waals surface area contributed by atoms with Crippen LogP contribution in [0.1, 0.15) is 52.4 Å². The molecule has 0 saturated heterocycles. The summed E-state index contributed by atoms with van der Waals surface area (Å²) in [5, 5.41) is 0. The van der Waals surface area contributed by atoms with Gasteiger partial charge in [0.15, 0.2) is 0 Å². The average Bonchev–Trinajstić information content (AvgIpc) is 2.97. The maximum atomic E-state index is 12.2. The molecule has 6 nitrogen and oxygen atoms in total. The number of amides is 2. The van der Waals surface area contributed by atoms with Crippen molar-refractivity contribution >= 4 is 23.6 Å². The van der Waals surface area contributed by atoms with E-state index in [2.05, 4.69) is 47.4 Å². The van der Waals surface area contributed by atoms with Crippen molar-refractivity contribution in [1.82, 2.24) is 0 Å². The van der Waals surface area contributed by atoms with Gasteiger partial charge in [0.25, 0.3) is 0 Å². The van der Waals surface area contributed by atoms with Crippen molar-refractivity contribution in [3.05, 3.63) is 60.7 Å². The van der Waals surface area contributed by atoms with E-state index < -0.39 is 0 Å². The van der Waals surface area contributed by atoms with Crippen LogP contribution in [0.2, 0.25) is 0 Å². The molecule has 0 aliphatic heterocycles. The van der Waals surface area contributed by atoms with Gasteiger partial charge in [0.05, 0.1) is 13.2 Å². The molecule has 0 bridgehead atoms. The predicted molar refractivity (Wildman–Crippen MR) is 160 cm³/mol. The highest BCUT2D eigenvalue weighted by Crippen LogP contribution is 2.16. The molecule has 2 rings (SSSR count). The van der Waals surface area contributed by atoms with Gasteiger partial charge in [0.1, 0.15) is 0 Å². The quantitative estimate of drug-likeness (QED) is 0.238. The van der Waals surface area contributed by atoms with Crippen molar-refractivity contribution in [2.75, 3.05) is 36.1 Å². The molecule has 0 radical (unpaired) electrons. The molecule has 0 heterocycles. The zero-order chi connectivity index (χ0) is 28.7. The summed E-state index contributed by atoms with van der Waals surface area (Å²) in [6.45, 7) is 5.31. The smallest absolute Gasteiger partial charge is 0.414 e. The maximum Gasteiger partial charge on any atom is 0.414 e. The number of anilines is 2.